The molecule has 1 aromatic heterocycles. The van der Waals surface area contributed by atoms with Crippen LogP contribution in [0.3, 0.4) is 0 Å². The number of fused-ring (bicyclic) bond motifs is 5. The van der Waals surface area contributed by atoms with E-state index in [0.29, 0.717) is 32.3 Å². The molecule has 0 fully saturated rings. The molecule has 2 aliphatic rings. The van der Waals surface area contributed by atoms with Crippen molar-refractivity contribution in [3.05, 3.63) is 87.6 Å². The summed E-state index contributed by atoms with van der Waals surface area (Å²) in [4.78, 5) is 4.63. The molecule has 0 aliphatic heterocycles. The molecule has 4 aromatic rings. The van der Waals surface area contributed by atoms with Crippen LogP contribution < -0.4 is 15.2 Å². The van der Waals surface area contributed by atoms with Crippen LogP contribution in [0.2, 0.25) is 0 Å². The van der Waals surface area contributed by atoms with E-state index in [9.17, 15) is 15.3 Å². The van der Waals surface area contributed by atoms with Crippen molar-refractivity contribution < 1.29 is 20.1 Å². The lowest BCUT2D eigenvalue weighted by atomic mass is 9.80. The lowest BCUT2D eigenvalue weighted by Gasteiger charge is -2.23. The summed E-state index contributed by atoms with van der Waals surface area (Å²) in [7, 11) is 1.58. The number of phenolic OH excluding ortho intramolecular Hbond substituents is 3. The fourth-order valence-electron chi connectivity index (χ4n) is 6.48. The Morgan fingerprint density at radius 2 is 1.71 bits per heavy atom. The minimum absolute atomic E-state index is 0.104. The third kappa shape index (κ3) is 4.28. The van der Waals surface area contributed by atoms with Crippen molar-refractivity contribution in [1.29, 1.82) is 0 Å². The zero-order valence-corrected chi connectivity index (χ0v) is 23.7. The molecule has 3 N–H and O–H groups in total. The van der Waals surface area contributed by atoms with Gasteiger partial charge >= 0.3 is 0 Å². The maximum atomic E-state index is 11.8. The Morgan fingerprint density at radius 1 is 0.927 bits per heavy atom. The average molecular weight is 546 g/mol. The minimum atomic E-state index is -0.664. The number of pyridine rings is 1. The number of ether oxygens (including phenoxy) is 1. The first-order valence-electron chi connectivity index (χ1n) is 14.3. The molecule has 1 spiro atoms. The maximum absolute atomic E-state index is 11.8. The summed E-state index contributed by atoms with van der Waals surface area (Å²) in [5.74, 6) is 1.04. The van der Waals surface area contributed by atoms with E-state index < -0.39 is 5.41 Å². The van der Waals surface area contributed by atoms with Gasteiger partial charge in [-0.25, -0.2) is 0 Å². The van der Waals surface area contributed by atoms with E-state index in [2.05, 4.69) is 30.1 Å². The van der Waals surface area contributed by atoms with Crippen LogP contribution in [0.25, 0.3) is 45.8 Å². The number of allylic oxidation sites excluding steroid dienone is 4. The van der Waals surface area contributed by atoms with Crippen molar-refractivity contribution in [2.45, 2.75) is 51.4 Å². The van der Waals surface area contributed by atoms with Crippen molar-refractivity contribution in [3.8, 4) is 23.0 Å². The first-order valence-corrected chi connectivity index (χ1v) is 14.3. The highest BCUT2D eigenvalue weighted by Crippen LogP contribution is 2.52. The molecule has 3 aromatic carbocycles. The van der Waals surface area contributed by atoms with Gasteiger partial charge in [-0.3, -0.25) is 4.98 Å². The van der Waals surface area contributed by atoms with Gasteiger partial charge in [-0.15, -0.1) is 0 Å². The standard InChI is InChI=1S/C36H35NO4/c1-4-6-8-10-12-24-25-15-16-36(32(25)35(40)31-21-37-22(17-27(24)31)11-9-7-5-2)19-29-30(20-36)34(39)28-18-23(41-3)13-14-26(28)33(29)38/h5,7,9-14,17-21,38-40H,4,6,8,15-16H2,1-3H3/b7-5+,11-9+,12-10+/t36-/m0/s1. The number of hydrogen-bond acceptors (Lipinski definition) is 5. The predicted octanol–water partition coefficient (Wildman–Crippen LogP) is 6.76. The predicted molar refractivity (Wildman–Crippen MR) is 168 cm³/mol. The highest BCUT2D eigenvalue weighted by molar-refractivity contribution is 6.01. The molecule has 1 heterocycles. The average Bonchev–Trinajstić information content (AvgIpc) is 3.56. The highest BCUT2D eigenvalue weighted by atomic mass is 16.5. The van der Waals surface area contributed by atoms with Gasteiger partial charge in [0.05, 0.1) is 12.8 Å². The van der Waals surface area contributed by atoms with Gasteiger partial charge in [-0.2, -0.15) is 0 Å². The van der Waals surface area contributed by atoms with Crippen LogP contribution >= 0.6 is 0 Å². The monoisotopic (exact) mass is 545 g/mol. The van der Waals surface area contributed by atoms with Crippen molar-refractivity contribution >= 4 is 45.8 Å². The summed E-state index contributed by atoms with van der Waals surface area (Å²) >= 11 is 0. The van der Waals surface area contributed by atoms with Crippen molar-refractivity contribution in [1.82, 2.24) is 4.98 Å². The number of aromatic nitrogens is 1. The number of benzene rings is 3. The van der Waals surface area contributed by atoms with Crippen molar-refractivity contribution in [3.63, 3.8) is 0 Å². The second-order valence-electron chi connectivity index (χ2n) is 11.0. The third-order valence-corrected chi connectivity index (χ3v) is 8.51. The number of methoxy groups -OCH3 is 1. The molecule has 0 amide bonds. The van der Waals surface area contributed by atoms with Gasteiger partial charge in [0.2, 0.25) is 0 Å². The summed E-state index contributed by atoms with van der Waals surface area (Å²) in [6.07, 6.45) is 22.8. The van der Waals surface area contributed by atoms with Crippen molar-refractivity contribution in [2.24, 2.45) is 0 Å². The number of aromatic hydroxyl groups is 3. The first kappa shape index (κ1) is 26.7. The van der Waals surface area contributed by atoms with Gasteiger partial charge in [0.15, 0.2) is 0 Å². The fraction of sp³-hybridized carbons (Fsp3) is 0.250. The number of unbranched alkanes of at least 4 members (excludes halogenated alkanes) is 2. The lowest BCUT2D eigenvalue weighted by molar-refractivity contribution is 0.414. The summed E-state index contributed by atoms with van der Waals surface area (Å²) in [5, 5.41) is 38.5. The van der Waals surface area contributed by atoms with E-state index in [-0.39, 0.29) is 17.2 Å². The molecule has 0 saturated heterocycles. The van der Waals surface area contributed by atoms with Gasteiger partial charge in [0.1, 0.15) is 23.0 Å². The second kappa shape index (κ2) is 10.5. The molecule has 5 nitrogen and oxygen atoms in total. The quantitative estimate of drug-likeness (QED) is 0.136. The molecular weight excluding hydrogens is 510 g/mol. The summed E-state index contributed by atoms with van der Waals surface area (Å²) in [6.45, 7) is 4.16. The normalized spacial score (nSPS) is 17.7. The Kier molecular flexibility index (Phi) is 6.82. The van der Waals surface area contributed by atoms with E-state index in [1.165, 1.54) is 0 Å². The number of phenols is 3. The van der Waals surface area contributed by atoms with E-state index in [1.54, 1.807) is 31.5 Å². The molecular formula is C36H35NO4. The third-order valence-electron chi connectivity index (χ3n) is 8.51. The van der Waals surface area contributed by atoms with Gasteiger partial charge in [0.25, 0.3) is 0 Å². The largest absolute Gasteiger partial charge is 0.507 e. The van der Waals surface area contributed by atoms with Crippen LogP contribution in [0.1, 0.15) is 61.9 Å². The molecule has 0 radical (unpaired) electrons. The van der Waals surface area contributed by atoms with Crippen LogP contribution in [-0.2, 0) is 11.8 Å². The summed E-state index contributed by atoms with van der Waals surface area (Å²) < 4.78 is 5.37. The highest BCUT2D eigenvalue weighted by Gasteiger charge is 2.42. The van der Waals surface area contributed by atoms with E-state index in [0.717, 1.165) is 59.9 Å². The van der Waals surface area contributed by atoms with Crippen LogP contribution in [0.4, 0.5) is 0 Å². The number of rotatable bonds is 7. The van der Waals surface area contributed by atoms with Crippen LogP contribution in [0, 0.1) is 0 Å². The van der Waals surface area contributed by atoms with Gasteiger partial charge in [-0.1, -0.05) is 62.3 Å². The molecule has 0 unspecified atom stereocenters. The molecule has 208 valence electrons. The molecule has 2 aliphatic carbocycles. The lowest BCUT2D eigenvalue weighted by Crippen LogP contribution is -2.22. The first-order chi connectivity index (χ1) is 19.9. The SMILES string of the molecule is C/C=C/C=C/c1cc2c(/C=C/CCCC)c3c(c(O)c2cn1)[C@]1(C=c2c(O)c4ccc(OC)cc4c(O)c2=C1)CC3. The van der Waals surface area contributed by atoms with E-state index in [4.69, 9.17) is 4.74 Å². The molecule has 0 saturated carbocycles. The summed E-state index contributed by atoms with van der Waals surface area (Å²) in [5.41, 5.74) is 3.20. The zero-order chi connectivity index (χ0) is 28.7. The van der Waals surface area contributed by atoms with Crippen LogP contribution in [0.15, 0.2) is 54.8 Å². The Hall–Kier alpha value is -4.51. The Morgan fingerprint density at radius 3 is 2.44 bits per heavy atom. The Bertz CT molecular complexity index is 1910. The molecule has 0 bridgehead atoms. The Labute approximate surface area is 239 Å². The molecule has 5 heteroatoms. The van der Waals surface area contributed by atoms with Crippen molar-refractivity contribution in [2.75, 3.05) is 7.11 Å². The van der Waals surface area contributed by atoms with E-state index >= 15 is 0 Å². The van der Waals surface area contributed by atoms with Crippen LogP contribution in [0.5, 0.6) is 23.0 Å². The molecule has 41 heavy (non-hydrogen) atoms. The smallest absolute Gasteiger partial charge is 0.131 e. The minimum Gasteiger partial charge on any atom is -0.507 e. The number of nitrogens with zero attached hydrogens (tertiary/aromatic N) is 1. The Balaban J connectivity index is 1.61. The summed E-state index contributed by atoms with van der Waals surface area (Å²) in [6, 6.07) is 7.33. The number of hydrogen-bond donors (Lipinski definition) is 3. The topological polar surface area (TPSA) is 82.8 Å². The second-order valence-corrected chi connectivity index (χ2v) is 11.0. The van der Waals surface area contributed by atoms with Crippen LogP contribution in [-0.4, -0.2) is 27.4 Å². The molecule has 1 atom stereocenters. The fourth-order valence-corrected chi connectivity index (χ4v) is 6.48. The molecule has 6 rings (SSSR count). The zero-order valence-electron chi connectivity index (χ0n) is 23.7. The van der Waals surface area contributed by atoms with Gasteiger partial charge in [-0.05, 0) is 73.0 Å². The maximum Gasteiger partial charge on any atom is 0.131 e. The van der Waals surface area contributed by atoms with Gasteiger partial charge in [0, 0.05) is 43.8 Å². The van der Waals surface area contributed by atoms with Gasteiger partial charge < -0.3 is 20.1 Å². The van der Waals surface area contributed by atoms with E-state index in [1.807, 2.05) is 43.4 Å².